The predicted molar refractivity (Wildman–Crippen MR) is 137 cm³/mol. The van der Waals surface area contributed by atoms with Gasteiger partial charge in [0, 0.05) is 43.5 Å². The van der Waals surface area contributed by atoms with Gasteiger partial charge in [-0.05, 0) is 44.2 Å². The molecule has 0 spiro atoms. The standard InChI is InChI=1S/C27H28F2N6O2/c1-16(2)35-9-10-36-27-19(28)11-17(12-22(27)35)26-20(29)15-31-24(33-26)14-25-32-21-13-18(3-4-23(21)37-25)34-7-5-30-6-8-34/h3-4,11-13,15-16,30H,5-10,14H2,1-2H3. The van der Waals surface area contributed by atoms with Crippen LogP contribution >= 0.6 is 0 Å². The van der Waals surface area contributed by atoms with Gasteiger partial charge in [0.05, 0.1) is 24.8 Å². The number of nitrogens with zero attached hydrogens (tertiary/aromatic N) is 5. The summed E-state index contributed by atoms with van der Waals surface area (Å²) in [6.45, 7) is 8.84. The molecule has 0 bridgehead atoms. The maximum absolute atomic E-state index is 15.0. The van der Waals surface area contributed by atoms with Gasteiger partial charge in [0.1, 0.15) is 23.6 Å². The van der Waals surface area contributed by atoms with Crippen molar-refractivity contribution in [3.8, 4) is 17.0 Å². The van der Waals surface area contributed by atoms with Crippen LogP contribution < -0.4 is 19.9 Å². The van der Waals surface area contributed by atoms with Gasteiger partial charge in [-0.25, -0.2) is 23.7 Å². The highest BCUT2D eigenvalue weighted by molar-refractivity contribution is 5.78. The number of oxazole rings is 1. The lowest BCUT2D eigenvalue weighted by Gasteiger charge is -2.34. The summed E-state index contributed by atoms with van der Waals surface area (Å²) < 4.78 is 41.3. The van der Waals surface area contributed by atoms with Gasteiger partial charge in [-0.3, -0.25) is 0 Å². The molecular formula is C27H28F2N6O2. The molecule has 2 aromatic carbocycles. The van der Waals surface area contributed by atoms with Crippen LogP contribution in [0.2, 0.25) is 0 Å². The first-order chi connectivity index (χ1) is 18.0. The Morgan fingerprint density at radius 3 is 2.68 bits per heavy atom. The number of nitrogens with one attached hydrogen (secondary N) is 1. The van der Waals surface area contributed by atoms with Gasteiger partial charge >= 0.3 is 0 Å². The Balaban J connectivity index is 1.30. The van der Waals surface area contributed by atoms with Crippen LogP contribution in [0.3, 0.4) is 0 Å². The van der Waals surface area contributed by atoms with Crippen LogP contribution in [0.1, 0.15) is 25.6 Å². The Hall–Kier alpha value is -3.79. The predicted octanol–water partition coefficient (Wildman–Crippen LogP) is 4.17. The summed E-state index contributed by atoms with van der Waals surface area (Å²) in [4.78, 5) is 17.5. The number of fused-ring (bicyclic) bond motifs is 2. The molecule has 0 amide bonds. The molecule has 0 saturated carbocycles. The largest absolute Gasteiger partial charge is 0.486 e. The minimum absolute atomic E-state index is 0.0260. The maximum atomic E-state index is 15.0. The number of hydrogen-bond donors (Lipinski definition) is 1. The third-order valence-corrected chi connectivity index (χ3v) is 6.81. The summed E-state index contributed by atoms with van der Waals surface area (Å²) in [6, 6.07) is 9.08. The van der Waals surface area contributed by atoms with Crippen molar-refractivity contribution in [1.29, 1.82) is 0 Å². The van der Waals surface area contributed by atoms with Crippen molar-refractivity contribution in [2.45, 2.75) is 26.3 Å². The van der Waals surface area contributed by atoms with E-state index < -0.39 is 11.6 Å². The quantitative estimate of drug-likeness (QED) is 0.432. The van der Waals surface area contributed by atoms with E-state index in [4.69, 9.17) is 9.15 Å². The first kappa shape index (κ1) is 23.6. The van der Waals surface area contributed by atoms with Crippen molar-refractivity contribution in [2.75, 3.05) is 49.1 Å². The molecule has 2 aliphatic rings. The average molecular weight is 507 g/mol. The third-order valence-electron chi connectivity index (χ3n) is 6.81. The number of anilines is 2. The van der Waals surface area contributed by atoms with Crippen LogP contribution in [0, 0.1) is 11.6 Å². The van der Waals surface area contributed by atoms with Crippen LogP contribution in [0.5, 0.6) is 5.75 Å². The Morgan fingerprint density at radius 1 is 1.03 bits per heavy atom. The first-order valence-corrected chi connectivity index (χ1v) is 12.6. The zero-order chi connectivity index (χ0) is 25.5. The van der Waals surface area contributed by atoms with Crippen molar-refractivity contribution < 1.29 is 17.9 Å². The molecule has 2 aromatic heterocycles. The number of benzene rings is 2. The fourth-order valence-electron chi connectivity index (χ4n) is 4.96. The Labute approximate surface area is 213 Å². The topological polar surface area (TPSA) is 79.5 Å². The zero-order valence-electron chi connectivity index (χ0n) is 20.8. The van der Waals surface area contributed by atoms with E-state index in [1.165, 1.54) is 6.07 Å². The maximum Gasteiger partial charge on any atom is 0.203 e. The fourth-order valence-corrected chi connectivity index (χ4v) is 4.96. The minimum Gasteiger partial charge on any atom is -0.486 e. The number of ether oxygens (including phenoxy) is 1. The Bertz CT molecular complexity index is 1450. The highest BCUT2D eigenvalue weighted by Gasteiger charge is 2.26. The van der Waals surface area contributed by atoms with E-state index in [0.717, 1.165) is 43.6 Å². The molecule has 0 unspecified atom stereocenters. The van der Waals surface area contributed by atoms with Crippen LogP contribution in [-0.2, 0) is 6.42 Å². The summed E-state index contributed by atoms with van der Waals surface area (Å²) in [7, 11) is 0. The van der Waals surface area contributed by atoms with Crippen molar-refractivity contribution in [3.05, 3.63) is 59.9 Å². The lowest BCUT2D eigenvalue weighted by molar-refractivity contribution is 0.287. The Morgan fingerprint density at radius 2 is 1.86 bits per heavy atom. The molecule has 0 atom stereocenters. The Kier molecular flexibility index (Phi) is 6.11. The van der Waals surface area contributed by atoms with Gasteiger partial charge in [0.2, 0.25) is 5.89 Å². The van der Waals surface area contributed by atoms with E-state index >= 15 is 0 Å². The summed E-state index contributed by atoms with van der Waals surface area (Å²) in [5, 5.41) is 3.35. The second kappa shape index (κ2) is 9.59. The molecule has 37 heavy (non-hydrogen) atoms. The number of piperazine rings is 1. The van der Waals surface area contributed by atoms with Gasteiger partial charge in [0.25, 0.3) is 0 Å². The molecule has 0 aliphatic carbocycles. The molecule has 1 N–H and O–H groups in total. The highest BCUT2D eigenvalue weighted by Crippen LogP contribution is 2.39. The van der Waals surface area contributed by atoms with Gasteiger partial charge in [-0.2, -0.15) is 0 Å². The van der Waals surface area contributed by atoms with E-state index in [0.29, 0.717) is 41.7 Å². The monoisotopic (exact) mass is 506 g/mol. The molecule has 1 fully saturated rings. The van der Waals surface area contributed by atoms with Crippen molar-refractivity contribution in [1.82, 2.24) is 20.3 Å². The van der Waals surface area contributed by atoms with Crippen LogP contribution in [0.4, 0.5) is 20.2 Å². The summed E-state index contributed by atoms with van der Waals surface area (Å²) in [5.41, 5.74) is 3.46. The third kappa shape index (κ3) is 4.57. The number of rotatable bonds is 5. The summed E-state index contributed by atoms with van der Waals surface area (Å²) in [5.74, 6) is -0.225. The van der Waals surface area contributed by atoms with Crippen LogP contribution in [0.15, 0.2) is 40.9 Å². The number of aromatic nitrogens is 3. The molecular weight excluding hydrogens is 478 g/mol. The van der Waals surface area contributed by atoms with Crippen LogP contribution in [-0.4, -0.2) is 60.3 Å². The fraction of sp³-hybridized carbons (Fsp3) is 0.370. The molecule has 0 radical (unpaired) electrons. The SMILES string of the molecule is CC(C)N1CCOc2c(F)cc(-c3nc(Cc4nc5cc(N6CCNCC6)ccc5o4)ncc3F)cc21. The van der Waals surface area contributed by atoms with Gasteiger partial charge < -0.3 is 24.3 Å². The van der Waals surface area contributed by atoms with Crippen LogP contribution in [0.25, 0.3) is 22.4 Å². The molecule has 8 nitrogen and oxygen atoms in total. The lowest BCUT2D eigenvalue weighted by atomic mass is 10.1. The molecule has 4 aromatic rings. The number of hydrogen-bond acceptors (Lipinski definition) is 8. The molecule has 192 valence electrons. The van der Waals surface area contributed by atoms with Gasteiger partial charge in [-0.15, -0.1) is 0 Å². The van der Waals surface area contributed by atoms with E-state index in [9.17, 15) is 8.78 Å². The van der Waals surface area contributed by atoms with Crippen molar-refractivity contribution in [2.24, 2.45) is 0 Å². The normalized spacial score (nSPS) is 15.8. The molecule has 1 saturated heterocycles. The van der Waals surface area contributed by atoms with E-state index in [1.54, 1.807) is 6.07 Å². The molecule has 10 heteroatoms. The lowest BCUT2D eigenvalue weighted by Crippen LogP contribution is -2.43. The molecule has 4 heterocycles. The van der Waals surface area contributed by atoms with Gasteiger partial charge in [0.15, 0.2) is 23.0 Å². The molecule has 2 aliphatic heterocycles. The highest BCUT2D eigenvalue weighted by atomic mass is 19.1. The number of halogens is 2. The van der Waals surface area contributed by atoms with E-state index in [-0.39, 0.29) is 23.9 Å². The van der Waals surface area contributed by atoms with E-state index in [1.807, 2.05) is 36.9 Å². The van der Waals surface area contributed by atoms with E-state index in [2.05, 4.69) is 25.2 Å². The van der Waals surface area contributed by atoms with Gasteiger partial charge in [-0.1, -0.05) is 0 Å². The summed E-state index contributed by atoms with van der Waals surface area (Å²) in [6.07, 6.45) is 1.29. The van der Waals surface area contributed by atoms with Crippen molar-refractivity contribution in [3.63, 3.8) is 0 Å². The average Bonchev–Trinajstić information content (AvgIpc) is 3.31. The minimum atomic E-state index is -0.630. The zero-order valence-corrected chi connectivity index (χ0v) is 20.8. The first-order valence-electron chi connectivity index (χ1n) is 12.6. The summed E-state index contributed by atoms with van der Waals surface area (Å²) >= 11 is 0. The molecule has 6 rings (SSSR count). The van der Waals surface area contributed by atoms with Crippen molar-refractivity contribution >= 4 is 22.5 Å². The smallest absolute Gasteiger partial charge is 0.203 e. The second-order valence-corrected chi connectivity index (χ2v) is 9.60. The second-order valence-electron chi connectivity index (χ2n) is 9.60.